The van der Waals surface area contributed by atoms with Crippen LogP contribution in [0.5, 0.6) is 0 Å². The molecule has 3 heterocycles. The fraction of sp³-hybridized carbons (Fsp3) is 0.429. The Hall–Kier alpha value is -2.46. The van der Waals surface area contributed by atoms with E-state index in [-0.39, 0.29) is 24.7 Å². The molecule has 158 valence electrons. The van der Waals surface area contributed by atoms with Crippen LogP contribution in [0.3, 0.4) is 0 Å². The Balaban J connectivity index is 1.29. The summed E-state index contributed by atoms with van der Waals surface area (Å²) in [5, 5.41) is 5.97. The molecule has 0 spiro atoms. The van der Waals surface area contributed by atoms with Crippen LogP contribution in [0.1, 0.15) is 58.6 Å². The summed E-state index contributed by atoms with van der Waals surface area (Å²) >= 11 is 1.53. The molecule has 1 aromatic carbocycles. The van der Waals surface area contributed by atoms with Gasteiger partial charge in [-0.25, -0.2) is 4.98 Å². The van der Waals surface area contributed by atoms with Crippen molar-refractivity contribution in [1.82, 2.24) is 15.1 Å². The number of ether oxygens (including phenoxy) is 2. The average Bonchev–Trinajstić information content (AvgIpc) is 3.45. The molecule has 30 heavy (non-hydrogen) atoms. The van der Waals surface area contributed by atoms with Gasteiger partial charge >= 0.3 is 0 Å². The van der Waals surface area contributed by atoms with Crippen LogP contribution in [0, 0.1) is 0 Å². The van der Waals surface area contributed by atoms with Crippen molar-refractivity contribution in [2.75, 3.05) is 13.2 Å². The van der Waals surface area contributed by atoms with E-state index in [9.17, 15) is 4.79 Å². The lowest BCUT2D eigenvalue weighted by Crippen LogP contribution is -2.25. The van der Waals surface area contributed by atoms with Gasteiger partial charge in [0.15, 0.2) is 17.9 Å². The van der Waals surface area contributed by atoms with Crippen molar-refractivity contribution in [2.24, 2.45) is 5.73 Å². The summed E-state index contributed by atoms with van der Waals surface area (Å²) in [4.78, 5) is 20.9. The highest BCUT2D eigenvalue weighted by atomic mass is 32.1. The van der Waals surface area contributed by atoms with Gasteiger partial charge in [0.25, 0.3) is 0 Å². The van der Waals surface area contributed by atoms with Crippen LogP contribution >= 0.6 is 11.3 Å². The first-order valence-corrected chi connectivity index (χ1v) is 10.9. The first kappa shape index (κ1) is 20.8. The number of aromatic nitrogens is 3. The number of hydrogen-bond donors (Lipinski definition) is 1. The van der Waals surface area contributed by atoms with Crippen molar-refractivity contribution in [3.8, 4) is 0 Å². The molecule has 2 N–H and O–H groups in total. The predicted octanol–water partition coefficient (Wildman–Crippen LogP) is 3.09. The number of nitrogens with two attached hydrogens (primary N) is 1. The molecular weight excluding hydrogens is 404 g/mol. The Labute approximate surface area is 178 Å². The third-order valence-electron chi connectivity index (χ3n) is 4.89. The molecular formula is C21H24N4O4S. The van der Waals surface area contributed by atoms with Crippen molar-refractivity contribution in [3.63, 3.8) is 0 Å². The average molecular weight is 429 g/mol. The SMILES string of the molecule is N[C@@H](Cc1cscn1)c1nc(Cc2ccc(C(=O)COC3CCCCO3)cc2)no1. The zero-order chi connectivity index (χ0) is 20.8. The number of carbonyl (C=O) groups excluding carboxylic acids is 1. The molecule has 4 rings (SSSR count). The van der Waals surface area contributed by atoms with Gasteiger partial charge in [0, 0.05) is 30.4 Å². The van der Waals surface area contributed by atoms with Gasteiger partial charge in [-0.15, -0.1) is 11.3 Å². The van der Waals surface area contributed by atoms with Crippen LogP contribution in [0.4, 0.5) is 0 Å². The van der Waals surface area contributed by atoms with E-state index in [1.54, 1.807) is 17.6 Å². The summed E-state index contributed by atoms with van der Waals surface area (Å²) in [5.41, 5.74) is 10.4. The first-order chi connectivity index (χ1) is 14.7. The minimum Gasteiger partial charge on any atom is -0.353 e. The highest BCUT2D eigenvalue weighted by molar-refractivity contribution is 7.07. The molecule has 0 amide bonds. The van der Waals surface area contributed by atoms with Crippen LogP contribution in [0.2, 0.25) is 0 Å². The van der Waals surface area contributed by atoms with Gasteiger partial charge in [-0.2, -0.15) is 4.98 Å². The maximum atomic E-state index is 12.3. The number of rotatable bonds is 9. The van der Waals surface area contributed by atoms with E-state index in [1.807, 2.05) is 17.5 Å². The molecule has 0 bridgehead atoms. The van der Waals surface area contributed by atoms with Crippen LogP contribution in [-0.4, -0.2) is 40.4 Å². The van der Waals surface area contributed by atoms with Crippen LogP contribution in [0.25, 0.3) is 0 Å². The Morgan fingerprint density at radius 1 is 1.30 bits per heavy atom. The molecule has 0 saturated carbocycles. The van der Waals surface area contributed by atoms with Crippen molar-refractivity contribution in [2.45, 2.75) is 44.4 Å². The maximum Gasteiger partial charge on any atom is 0.243 e. The molecule has 0 aliphatic carbocycles. The van der Waals surface area contributed by atoms with E-state index in [4.69, 9.17) is 19.7 Å². The lowest BCUT2D eigenvalue weighted by molar-refractivity contribution is -0.155. The standard InChI is InChI=1S/C21H24N4O4S/c22-17(10-16-12-30-13-23-16)21-24-19(25-29-21)9-14-4-6-15(7-5-14)18(26)11-28-20-3-1-2-8-27-20/h4-7,12-13,17,20H,1-3,8-11,22H2/t17-,20?/m0/s1. The Kier molecular flexibility index (Phi) is 6.96. The normalized spacial score (nSPS) is 17.7. The van der Waals surface area contributed by atoms with Crippen molar-refractivity contribution in [1.29, 1.82) is 0 Å². The van der Waals surface area contributed by atoms with Crippen molar-refractivity contribution in [3.05, 3.63) is 63.7 Å². The molecule has 1 fully saturated rings. The largest absolute Gasteiger partial charge is 0.353 e. The van der Waals surface area contributed by atoms with Crippen molar-refractivity contribution >= 4 is 17.1 Å². The predicted molar refractivity (Wildman–Crippen MR) is 110 cm³/mol. The molecule has 2 aromatic heterocycles. The fourth-order valence-corrected chi connectivity index (χ4v) is 3.80. The minimum atomic E-state index is -0.388. The molecule has 1 aliphatic rings. The molecule has 8 nitrogen and oxygen atoms in total. The van der Waals surface area contributed by atoms with E-state index in [2.05, 4.69) is 15.1 Å². The highest BCUT2D eigenvalue weighted by Gasteiger charge is 2.18. The Morgan fingerprint density at radius 2 is 2.17 bits per heavy atom. The van der Waals surface area contributed by atoms with Crippen molar-refractivity contribution < 1.29 is 18.8 Å². The smallest absolute Gasteiger partial charge is 0.243 e. The van der Waals surface area contributed by atoms with Gasteiger partial charge in [0.2, 0.25) is 5.89 Å². The number of ketones is 1. The monoisotopic (exact) mass is 428 g/mol. The molecule has 1 saturated heterocycles. The van der Waals surface area contributed by atoms with Gasteiger partial charge in [0.05, 0.1) is 17.2 Å². The second-order valence-corrected chi connectivity index (χ2v) is 7.96. The summed E-state index contributed by atoms with van der Waals surface area (Å²) in [5.74, 6) is 0.882. The number of hydrogen-bond acceptors (Lipinski definition) is 9. The van der Waals surface area contributed by atoms with Crippen LogP contribution in [0.15, 0.2) is 39.7 Å². The molecule has 1 aliphatic heterocycles. The summed E-state index contributed by atoms with van der Waals surface area (Å²) in [6.07, 6.45) is 3.74. The zero-order valence-corrected chi connectivity index (χ0v) is 17.3. The molecule has 9 heteroatoms. The van der Waals surface area contributed by atoms with E-state index >= 15 is 0 Å². The zero-order valence-electron chi connectivity index (χ0n) is 16.5. The van der Waals surface area contributed by atoms with E-state index in [0.29, 0.717) is 36.7 Å². The summed E-state index contributed by atoms with van der Waals surface area (Å²) < 4.78 is 16.4. The number of nitrogens with zero attached hydrogens (tertiary/aromatic N) is 3. The maximum absolute atomic E-state index is 12.3. The summed E-state index contributed by atoms with van der Waals surface area (Å²) in [6, 6.07) is 6.96. The van der Waals surface area contributed by atoms with Gasteiger partial charge in [-0.1, -0.05) is 29.4 Å². The quantitative estimate of drug-likeness (QED) is 0.517. The Morgan fingerprint density at radius 3 is 2.90 bits per heavy atom. The van der Waals surface area contributed by atoms with Crippen LogP contribution < -0.4 is 5.73 Å². The second-order valence-electron chi connectivity index (χ2n) is 7.24. The van der Waals surface area contributed by atoms with Gasteiger partial charge in [-0.3, -0.25) is 4.79 Å². The number of Topliss-reactive ketones (excluding diaryl/α,β-unsaturated/α-hetero) is 1. The highest BCUT2D eigenvalue weighted by Crippen LogP contribution is 2.17. The molecule has 0 radical (unpaired) electrons. The number of carbonyl (C=O) groups is 1. The van der Waals surface area contributed by atoms with E-state index in [1.165, 1.54) is 11.3 Å². The van der Waals surface area contributed by atoms with Gasteiger partial charge in [0.1, 0.15) is 6.61 Å². The number of benzene rings is 1. The fourth-order valence-electron chi connectivity index (χ4n) is 3.23. The van der Waals surface area contributed by atoms with Gasteiger partial charge in [-0.05, 0) is 24.8 Å². The van der Waals surface area contributed by atoms with E-state index in [0.717, 1.165) is 30.5 Å². The lowest BCUT2D eigenvalue weighted by Gasteiger charge is -2.22. The third-order valence-corrected chi connectivity index (χ3v) is 5.53. The first-order valence-electron chi connectivity index (χ1n) is 9.98. The molecule has 2 atom stereocenters. The lowest BCUT2D eigenvalue weighted by atomic mass is 10.1. The molecule has 3 aromatic rings. The minimum absolute atomic E-state index is 0.0229. The molecule has 1 unspecified atom stereocenters. The number of thiazole rings is 1. The summed E-state index contributed by atoms with van der Waals surface area (Å²) in [6.45, 7) is 0.718. The Bertz CT molecular complexity index is 936. The second kappa shape index (κ2) is 10.0. The van der Waals surface area contributed by atoms with Crippen LogP contribution in [-0.2, 0) is 22.3 Å². The third kappa shape index (κ3) is 5.57. The van der Waals surface area contributed by atoms with E-state index < -0.39 is 0 Å². The van der Waals surface area contributed by atoms with Gasteiger partial charge < -0.3 is 19.7 Å². The topological polar surface area (TPSA) is 113 Å². The summed E-state index contributed by atoms with van der Waals surface area (Å²) in [7, 11) is 0.